The molecule has 0 aliphatic carbocycles. The van der Waals surface area contributed by atoms with E-state index in [4.69, 9.17) is 9.47 Å². The number of aliphatic imine (C=N–C) groups is 1. The Balaban J connectivity index is 0.00000312. The first kappa shape index (κ1) is 21.5. The van der Waals surface area contributed by atoms with Crippen molar-refractivity contribution in [2.75, 3.05) is 33.9 Å². The number of halogens is 1. The fourth-order valence-electron chi connectivity index (χ4n) is 2.98. The molecular weight excluding hydrogens is 433 g/mol. The molecule has 1 heterocycles. The predicted molar refractivity (Wildman–Crippen MR) is 110 cm³/mol. The summed E-state index contributed by atoms with van der Waals surface area (Å²) >= 11 is 0. The van der Waals surface area contributed by atoms with Gasteiger partial charge in [0.25, 0.3) is 0 Å². The monoisotopic (exact) mass is 461 g/mol. The Kier molecular flexibility index (Phi) is 9.62. The van der Waals surface area contributed by atoms with E-state index in [0.29, 0.717) is 19.7 Å². The summed E-state index contributed by atoms with van der Waals surface area (Å²) in [6.45, 7) is 4.42. The van der Waals surface area contributed by atoms with Crippen LogP contribution < -0.4 is 10.1 Å². The van der Waals surface area contributed by atoms with Gasteiger partial charge in [0.2, 0.25) is 0 Å². The van der Waals surface area contributed by atoms with Gasteiger partial charge in [-0.05, 0) is 25.8 Å². The van der Waals surface area contributed by atoms with Gasteiger partial charge in [-0.3, -0.25) is 9.79 Å². The number of esters is 1. The molecule has 25 heavy (non-hydrogen) atoms. The highest BCUT2D eigenvalue weighted by atomic mass is 127. The van der Waals surface area contributed by atoms with Crippen LogP contribution in [0, 0.1) is 5.92 Å². The Hall–Kier alpha value is -1.51. The van der Waals surface area contributed by atoms with E-state index in [1.165, 1.54) is 0 Å². The number of likely N-dealkylation sites (tertiary alicyclic amines) is 1. The second-order valence-corrected chi connectivity index (χ2v) is 5.75. The second kappa shape index (κ2) is 11.2. The first-order valence-electron chi connectivity index (χ1n) is 8.43. The summed E-state index contributed by atoms with van der Waals surface area (Å²) < 4.78 is 10.5. The van der Waals surface area contributed by atoms with Crippen LogP contribution >= 0.6 is 24.0 Å². The molecule has 1 atom stereocenters. The summed E-state index contributed by atoms with van der Waals surface area (Å²) in [6, 6.07) is 7.90. The molecule has 2 rings (SSSR count). The number of carbonyl (C=O) groups is 1. The van der Waals surface area contributed by atoms with E-state index in [9.17, 15) is 4.79 Å². The van der Waals surface area contributed by atoms with E-state index in [0.717, 1.165) is 36.7 Å². The van der Waals surface area contributed by atoms with Crippen LogP contribution in [-0.4, -0.2) is 50.7 Å². The summed E-state index contributed by atoms with van der Waals surface area (Å²) in [6.07, 6.45) is 1.83. The molecule has 0 amide bonds. The summed E-state index contributed by atoms with van der Waals surface area (Å²) in [5, 5.41) is 3.37. The van der Waals surface area contributed by atoms with Crippen molar-refractivity contribution in [1.29, 1.82) is 0 Å². The van der Waals surface area contributed by atoms with Crippen LogP contribution in [0.1, 0.15) is 25.3 Å². The Morgan fingerprint density at radius 3 is 2.84 bits per heavy atom. The highest BCUT2D eigenvalue weighted by Gasteiger charge is 2.28. The van der Waals surface area contributed by atoms with Crippen LogP contribution in [0.25, 0.3) is 0 Å². The van der Waals surface area contributed by atoms with Gasteiger partial charge >= 0.3 is 5.97 Å². The minimum absolute atomic E-state index is 0. The van der Waals surface area contributed by atoms with E-state index in [2.05, 4.69) is 15.2 Å². The van der Waals surface area contributed by atoms with E-state index in [1.807, 2.05) is 31.2 Å². The summed E-state index contributed by atoms with van der Waals surface area (Å²) in [5.74, 6) is 1.46. The molecule has 1 aliphatic rings. The normalized spacial score (nSPS) is 17.5. The van der Waals surface area contributed by atoms with Gasteiger partial charge in [-0.2, -0.15) is 0 Å². The Bertz CT molecular complexity index is 580. The maximum Gasteiger partial charge on any atom is 0.310 e. The molecular formula is C18H28IN3O3. The highest BCUT2D eigenvalue weighted by Crippen LogP contribution is 2.19. The molecule has 1 unspecified atom stereocenters. The average molecular weight is 461 g/mol. The Morgan fingerprint density at radius 1 is 1.40 bits per heavy atom. The molecule has 140 valence electrons. The zero-order valence-electron chi connectivity index (χ0n) is 15.2. The summed E-state index contributed by atoms with van der Waals surface area (Å²) in [7, 11) is 3.43. The number of rotatable bonds is 5. The van der Waals surface area contributed by atoms with Crippen LogP contribution in [0.2, 0.25) is 0 Å². The smallest absolute Gasteiger partial charge is 0.310 e. The number of hydrogen-bond acceptors (Lipinski definition) is 4. The molecule has 1 saturated heterocycles. The Morgan fingerprint density at radius 2 is 2.16 bits per heavy atom. The second-order valence-electron chi connectivity index (χ2n) is 5.75. The number of guanidine groups is 1. The molecule has 1 aromatic rings. The van der Waals surface area contributed by atoms with Gasteiger partial charge in [0.1, 0.15) is 5.75 Å². The number of piperidine rings is 1. The summed E-state index contributed by atoms with van der Waals surface area (Å²) in [5.41, 5.74) is 1.07. The van der Waals surface area contributed by atoms with Crippen molar-refractivity contribution in [1.82, 2.24) is 10.2 Å². The van der Waals surface area contributed by atoms with E-state index in [1.54, 1.807) is 14.2 Å². The number of ether oxygens (including phenoxy) is 2. The van der Waals surface area contributed by atoms with Crippen molar-refractivity contribution >= 4 is 35.9 Å². The SMILES string of the molecule is CCOC(=O)C1CCCN(C(=NC)NCc2ccccc2OC)C1.I. The third-order valence-electron chi connectivity index (χ3n) is 4.18. The molecule has 0 radical (unpaired) electrons. The standard InChI is InChI=1S/C18H27N3O3.HI/c1-4-24-17(22)15-9-7-11-21(13-15)18(19-2)20-12-14-8-5-6-10-16(14)23-3;/h5-6,8,10,15H,4,7,9,11-13H2,1-3H3,(H,19,20);1H. The van der Waals surface area contributed by atoms with Crippen LogP contribution in [-0.2, 0) is 16.1 Å². The largest absolute Gasteiger partial charge is 0.496 e. The molecule has 1 fully saturated rings. The fraction of sp³-hybridized carbons (Fsp3) is 0.556. The third-order valence-corrected chi connectivity index (χ3v) is 4.18. The van der Waals surface area contributed by atoms with Gasteiger partial charge in [0.05, 0.1) is 19.6 Å². The third kappa shape index (κ3) is 6.05. The van der Waals surface area contributed by atoms with Gasteiger partial charge in [-0.25, -0.2) is 0 Å². The Labute approximate surface area is 167 Å². The van der Waals surface area contributed by atoms with Crippen LogP contribution in [0.3, 0.4) is 0 Å². The quantitative estimate of drug-likeness (QED) is 0.316. The number of hydrogen-bond donors (Lipinski definition) is 1. The van der Waals surface area contributed by atoms with Crippen molar-refractivity contribution in [3.05, 3.63) is 29.8 Å². The minimum Gasteiger partial charge on any atom is -0.496 e. The highest BCUT2D eigenvalue weighted by molar-refractivity contribution is 14.0. The number of nitrogens with zero attached hydrogens (tertiary/aromatic N) is 2. The number of nitrogens with one attached hydrogen (secondary N) is 1. The molecule has 1 aromatic carbocycles. The van der Waals surface area contributed by atoms with Gasteiger partial charge in [-0.15, -0.1) is 24.0 Å². The zero-order valence-corrected chi connectivity index (χ0v) is 17.5. The van der Waals surface area contributed by atoms with Crippen molar-refractivity contribution in [3.8, 4) is 5.75 Å². The van der Waals surface area contributed by atoms with Crippen molar-refractivity contribution < 1.29 is 14.3 Å². The van der Waals surface area contributed by atoms with Gasteiger partial charge in [0.15, 0.2) is 5.96 Å². The van der Waals surface area contributed by atoms with Crippen molar-refractivity contribution in [3.63, 3.8) is 0 Å². The molecule has 1 N–H and O–H groups in total. The lowest BCUT2D eigenvalue weighted by atomic mass is 9.98. The lowest BCUT2D eigenvalue weighted by molar-refractivity contribution is -0.149. The van der Waals surface area contributed by atoms with E-state index >= 15 is 0 Å². The summed E-state index contributed by atoms with van der Waals surface area (Å²) in [4.78, 5) is 18.5. The molecule has 6 nitrogen and oxygen atoms in total. The molecule has 0 saturated carbocycles. The first-order chi connectivity index (χ1) is 11.7. The van der Waals surface area contributed by atoms with Gasteiger partial charge < -0.3 is 19.7 Å². The van der Waals surface area contributed by atoms with Crippen LogP contribution in [0.15, 0.2) is 29.3 Å². The lowest BCUT2D eigenvalue weighted by Gasteiger charge is -2.34. The van der Waals surface area contributed by atoms with Gasteiger partial charge in [-0.1, -0.05) is 18.2 Å². The van der Waals surface area contributed by atoms with E-state index < -0.39 is 0 Å². The minimum atomic E-state index is -0.109. The molecule has 7 heteroatoms. The average Bonchev–Trinajstić information content (AvgIpc) is 2.63. The topological polar surface area (TPSA) is 63.2 Å². The molecule has 1 aliphatic heterocycles. The zero-order chi connectivity index (χ0) is 17.4. The van der Waals surface area contributed by atoms with Crippen molar-refractivity contribution in [2.45, 2.75) is 26.3 Å². The van der Waals surface area contributed by atoms with Crippen LogP contribution in [0.4, 0.5) is 0 Å². The predicted octanol–water partition coefficient (Wildman–Crippen LogP) is 2.66. The fourth-order valence-corrected chi connectivity index (χ4v) is 2.98. The number of benzene rings is 1. The molecule has 0 spiro atoms. The lowest BCUT2D eigenvalue weighted by Crippen LogP contribution is -2.48. The van der Waals surface area contributed by atoms with Crippen LogP contribution in [0.5, 0.6) is 5.75 Å². The number of carbonyl (C=O) groups excluding carboxylic acids is 1. The van der Waals surface area contributed by atoms with E-state index in [-0.39, 0.29) is 35.9 Å². The molecule has 0 bridgehead atoms. The number of para-hydroxylation sites is 1. The molecule has 0 aromatic heterocycles. The van der Waals surface area contributed by atoms with Gasteiger partial charge in [0, 0.05) is 32.2 Å². The maximum absolute atomic E-state index is 12.0. The first-order valence-corrected chi connectivity index (χ1v) is 8.43. The number of methoxy groups -OCH3 is 1. The maximum atomic E-state index is 12.0. The van der Waals surface area contributed by atoms with Crippen molar-refractivity contribution in [2.24, 2.45) is 10.9 Å².